The van der Waals surface area contributed by atoms with Gasteiger partial charge in [-0.3, -0.25) is 9.59 Å². The lowest BCUT2D eigenvalue weighted by atomic mass is 9.99. The Balaban J connectivity index is 2.46. The van der Waals surface area contributed by atoms with Gasteiger partial charge in [0, 0.05) is 13.0 Å². The first-order valence-electron chi connectivity index (χ1n) is 15.0. The zero-order chi connectivity index (χ0) is 32.2. The molecule has 2 aromatic rings. The van der Waals surface area contributed by atoms with Crippen LogP contribution in [0.4, 0.5) is 4.79 Å². The highest BCUT2D eigenvalue weighted by molar-refractivity contribution is 5.93. The van der Waals surface area contributed by atoms with Crippen molar-refractivity contribution in [2.45, 2.75) is 104 Å². The molecule has 0 saturated heterocycles. The summed E-state index contributed by atoms with van der Waals surface area (Å²) in [6, 6.07) is 14.7. The highest BCUT2D eigenvalue weighted by atomic mass is 16.6. The molecule has 0 heterocycles. The monoisotopic (exact) mass is 595 g/mol. The minimum Gasteiger partial charge on any atom is -0.458 e. The summed E-state index contributed by atoms with van der Waals surface area (Å²) in [5, 5.41) is 5.43. The molecule has 9 nitrogen and oxygen atoms in total. The van der Waals surface area contributed by atoms with Gasteiger partial charge in [0.15, 0.2) is 0 Å². The van der Waals surface area contributed by atoms with Crippen LogP contribution in [-0.4, -0.2) is 59.1 Å². The van der Waals surface area contributed by atoms with Crippen molar-refractivity contribution in [3.8, 4) is 0 Å². The van der Waals surface area contributed by atoms with E-state index in [-0.39, 0.29) is 19.5 Å². The van der Waals surface area contributed by atoms with Crippen LogP contribution in [-0.2, 0) is 30.3 Å². The van der Waals surface area contributed by atoms with Crippen LogP contribution in [0.3, 0.4) is 0 Å². The largest absolute Gasteiger partial charge is 0.458 e. The Morgan fingerprint density at radius 2 is 1.51 bits per heavy atom. The molecule has 0 fully saturated rings. The van der Waals surface area contributed by atoms with Crippen LogP contribution in [0.1, 0.15) is 90.5 Å². The molecule has 236 valence electrons. The quantitative estimate of drug-likeness (QED) is 0.229. The van der Waals surface area contributed by atoms with E-state index in [0.717, 1.165) is 24.0 Å². The number of hydrogen-bond donors (Lipinski definition) is 2. The summed E-state index contributed by atoms with van der Waals surface area (Å²) >= 11 is 0. The van der Waals surface area contributed by atoms with Crippen LogP contribution in [0.15, 0.2) is 54.6 Å². The van der Waals surface area contributed by atoms with Crippen LogP contribution in [0, 0.1) is 6.92 Å². The lowest BCUT2D eigenvalue weighted by Crippen LogP contribution is -2.52. The van der Waals surface area contributed by atoms with Crippen molar-refractivity contribution in [1.29, 1.82) is 0 Å². The number of benzene rings is 2. The van der Waals surface area contributed by atoms with Gasteiger partial charge in [-0.15, -0.1) is 0 Å². The van der Waals surface area contributed by atoms with Crippen molar-refractivity contribution in [2.24, 2.45) is 0 Å². The molecule has 9 heteroatoms. The molecule has 0 spiro atoms. The standard InChI is InChI=1S/C34H49N3O6/c1-9-10-14-20-37(28(38)23-35-32(41)43-34(6,7)8)29(26-19-15-16-24(2)21-26)30(39)36-27(31(40)42-33(3,4)5)22-25-17-12-11-13-18-25/h11-13,15-19,21,27,29H,9-10,14,20,22-23H2,1-8H3,(H,35,41)(H,36,39). The Kier molecular flexibility index (Phi) is 13.2. The minimum atomic E-state index is -1.05. The molecule has 43 heavy (non-hydrogen) atoms. The number of aryl methyl sites for hydroxylation is 1. The zero-order valence-corrected chi connectivity index (χ0v) is 27.0. The molecule has 0 aliphatic heterocycles. The van der Waals surface area contributed by atoms with E-state index in [1.807, 2.05) is 55.5 Å². The zero-order valence-electron chi connectivity index (χ0n) is 27.0. The Morgan fingerprint density at radius 3 is 2.09 bits per heavy atom. The number of amides is 3. The average molecular weight is 596 g/mol. The smallest absolute Gasteiger partial charge is 0.408 e. The third kappa shape index (κ3) is 12.9. The first-order chi connectivity index (χ1) is 20.1. The van der Waals surface area contributed by atoms with Crippen LogP contribution < -0.4 is 10.6 Å². The van der Waals surface area contributed by atoms with Crippen molar-refractivity contribution in [1.82, 2.24) is 15.5 Å². The average Bonchev–Trinajstić information content (AvgIpc) is 2.89. The SMILES string of the molecule is CCCCCN(C(=O)CNC(=O)OC(C)(C)C)C(C(=O)NC(Cc1ccccc1)C(=O)OC(C)(C)C)c1cccc(C)c1. The molecule has 0 aliphatic carbocycles. The molecule has 2 aromatic carbocycles. The number of unbranched alkanes of at least 4 members (excludes halogenated alkanes) is 2. The van der Waals surface area contributed by atoms with Gasteiger partial charge in [-0.2, -0.15) is 0 Å². The minimum absolute atomic E-state index is 0.214. The fourth-order valence-corrected chi connectivity index (χ4v) is 4.47. The number of esters is 1. The second-order valence-corrected chi connectivity index (χ2v) is 12.8. The third-order valence-corrected chi connectivity index (χ3v) is 6.31. The molecule has 0 radical (unpaired) electrons. The van der Waals surface area contributed by atoms with E-state index >= 15 is 0 Å². The predicted molar refractivity (Wildman–Crippen MR) is 167 cm³/mol. The molecule has 0 aromatic heterocycles. The number of hydrogen-bond acceptors (Lipinski definition) is 6. The Labute approximate surface area is 256 Å². The van der Waals surface area contributed by atoms with E-state index in [1.54, 1.807) is 47.6 Å². The second kappa shape index (κ2) is 16.1. The molecular formula is C34H49N3O6. The van der Waals surface area contributed by atoms with Gasteiger partial charge in [0.05, 0.1) is 0 Å². The maximum absolute atomic E-state index is 14.2. The number of rotatable bonds is 13. The topological polar surface area (TPSA) is 114 Å². The van der Waals surface area contributed by atoms with Crippen molar-refractivity contribution >= 4 is 23.9 Å². The van der Waals surface area contributed by atoms with Gasteiger partial charge in [-0.25, -0.2) is 9.59 Å². The van der Waals surface area contributed by atoms with Crippen molar-refractivity contribution in [3.63, 3.8) is 0 Å². The maximum Gasteiger partial charge on any atom is 0.408 e. The van der Waals surface area contributed by atoms with Crippen molar-refractivity contribution in [2.75, 3.05) is 13.1 Å². The molecule has 2 N–H and O–H groups in total. The molecule has 2 atom stereocenters. The summed E-state index contributed by atoms with van der Waals surface area (Å²) in [4.78, 5) is 55.1. The summed E-state index contributed by atoms with van der Waals surface area (Å²) in [6.07, 6.45) is 1.91. The van der Waals surface area contributed by atoms with E-state index in [1.165, 1.54) is 4.90 Å². The van der Waals surface area contributed by atoms with Gasteiger partial charge in [0.2, 0.25) is 11.8 Å². The van der Waals surface area contributed by atoms with E-state index in [9.17, 15) is 19.2 Å². The van der Waals surface area contributed by atoms with Crippen LogP contribution in [0.5, 0.6) is 0 Å². The molecule has 2 unspecified atom stereocenters. The van der Waals surface area contributed by atoms with Crippen molar-refractivity contribution < 1.29 is 28.7 Å². The second-order valence-electron chi connectivity index (χ2n) is 12.8. The number of carbonyl (C=O) groups excluding carboxylic acids is 4. The fraction of sp³-hybridized carbons (Fsp3) is 0.529. The van der Waals surface area contributed by atoms with Gasteiger partial charge in [-0.1, -0.05) is 79.9 Å². The fourth-order valence-electron chi connectivity index (χ4n) is 4.47. The van der Waals surface area contributed by atoms with Crippen LogP contribution >= 0.6 is 0 Å². The van der Waals surface area contributed by atoms with E-state index in [2.05, 4.69) is 17.6 Å². The number of carbonyl (C=O) groups is 4. The molecule has 3 amide bonds. The Hall–Kier alpha value is -3.88. The molecule has 0 saturated carbocycles. The number of nitrogens with zero attached hydrogens (tertiary/aromatic N) is 1. The van der Waals surface area contributed by atoms with Gasteiger partial charge >= 0.3 is 12.1 Å². The van der Waals surface area contributed by atoms with Crippen LogP contribution in [0.25, 0.3) is 0 Å². The number of ether oxygens (including phenoxy) is 2. The number of nitrogens with one attached hydrogen (secondary N) is 2. The summed E-state index contributed by atoms with van der Waals surface area (Å²) < 4.78 is 11.0. The summed E-state index contributed by atoms with van der Waals surface area (Å²) in [6.45, 7) is 14.4. The highest BCUT2D eigenvalue weighted by Gasteiger charge is 2.35. The summed E-state index contributed by atoms with van der Waals surface area (Å²) in [7, 11) is 0. The van der Waals surface area contributed by atoms with E-state index in [0.29, 0.717) is 12.0 Å². The highest BCUT2D eigenvalue weighted by Crippen LogP contribution is 2.24. The summed E-state index contributed by atoms with van der Waals surface area (Å²) in [5.74, 6) is -1.52. The lowest BCUT2D eigenvalue weighted by Gasteiger charge is -2.33. The van der Waals surface area contributed by atoms with Gasteiger partial charge < -0.3 is 25.0 Å². The van der Waals surface area contributed by atoms with Crippen LogP contribution in [0.2, 0.25) is 0 Å². The van der Waals surface area contributed by atoms with E-state index in [4.69, 9.17) is 9.47 Å². The lowest BCUT2D eigenvalue weighted by molar-refractivity contribution is -0.159. The summed E-state index contributed by atoms with van der Waals surface area (Å²) in [5.41, 5.74) is 0.872. The predicted octanol–water partition coefficient (Wildman–Crippen LogP) is 5.65. The normalized spacial score (nSPS) is 12.9. The Morgan fingerprint density at radius 1 is 0.860 bits per heavy atom. The Bertz CT molecular complexity index is 1220. The molecule has 2 rings (SSSR count). The third-order valence-electron chi connectivity index (χ3n) is 6.31. The van der Waals surface area contributed by atoms with Gasteiger partial charge in [-0.05, 0) is 66.0 Å². The molecular weight excluding hydrogens is 546 g/mol. The van der Waals surface area contributed by atoms with Crippen molar-refractivity contribution in [3.05, 3.63) is 71.3 Å². The molecule has 0 aliphatic rings. The molecule has 0 bridgehead atoms. The number of alkyl carbamates (subject to hydrolysis) is 1. The van der Waals surface area contributed by atoms with Gasteiger partial charge in [0.1, 0.15) is 29.8 Å². The maximum atomic E-state index is 14.2. The van der Waals surface area contributed by atoms with E-state index < -0.39 is 47.2 Å². The first-order valence-corrected chi connectivity index (χ1v) is 15.0. The van der Waals surface area contributed by atoms with Gasteiger partial charge in [0.25, 0.3) is 0 Å². The first kappa shape index (κ1) is 35.3.